The van der Waals surface area contributed by atoms with Gasteiger partial charge in [-0.05, 0) is 25.7 Å². The van der Waals surface area contributed by atoms with E-state index in [0.29, 0.717) is 18.8 Å². The van der Waals surface area contributed by atoms with Crippen LogP contribution in [-0.4, -0.2) is 20.0 Å². The highest BCUT2D eigenvalue weighted by molar-refractivity contribution is 5.10. The monoisotopic (exact) mass is 210 g/mol. The Kier molecular flexibility index (Phi) is 3.31. The molecule has 0 radical (unpaired) electrons. The van der Waals surface area contributed by atoms with Crippen LogP contribution in [0.2, 0.25) is 0 Å². The first-order chi connectivity index (χ1) is 7.29. The molecule has 0 spiro atoms. The van der Waals surface area contributed by atoms with Gasteiger partial charge in [0.1, 0.15) is 12.0 Å². The molecule has 0 N–H and O–H groups in total. The highest BCUT2D eigenvalue weighted by atomic mass is 16.7. The molecule has 2 bridgehead atoms. The van der Waals surface area contributed by atoms with Gasteiger partial charge in [0.15, 0.2) is 6.79 Å². The van der Waals surface area contributed by atoms with Crippen LogP contribution in [0.4, 0.5) is 0 Å². The van der Waals surface area contributed by atoms with E-state index in [1.807, 2.05) is 6.92 Å². The fourth-order valence-electron chi connectivity index (χ4n) is 2.25. The number of methoxy groups -OCH3 is 1. The average molecular weight is 210 g/mol. The first-order valence-corrected chi connectivity index (χ1v) is 5.42. The Morgan fingerprint density at radius 1 is 1.40 bits per heavy atom. The normalized spacial score (nSPS) is 33.5. The van der Waals surface area contributed by atoms with Crippen molar-refractivity contribution >= 4 is 0 Å². The minimum absolute atomic E-state index is 0.322. The summed E-state index contributed by atoms with van der Waals surface area (Å²) in [6.07, 6.45) is 8.93. The molecule has 0 aromatic carbocycles. The van der Waals surface area contributed by atoms with Crippen molar-refractivity contribution in [2.45, 2.75) is 25.9 Å². The fourth-order valence-corrected chi connectivity index (χ4v) is 2.25. The molecule has 84 valence electrons. The Hall–Kier alpha value is -0.960. The fraction of sp³-hybridized carbons (Fsp3) is 0.667. The Labute approximate surface area is 90.7 Å². The zero-order valence-electron chi connectivity index (χ0n) is 9.31. The summed E-state index contributed by atoms with van der Waals surface area (Å²) >= 11 is 0. The molecule has 0 aromatic rings. The van der Waals surface area contributed by atoms with Gasteiger partial charge in [0.25, 0.3) is 0 Å². The number of hydrogen-bond donors (Lipinski definition) is 0. The zero-order valence-corrected chi connectivity index (χ0v) is 9.31. The maximum atomic E-state index is 5.66. The number of fused-ring (bicyclic) bond motifs is 2. The van der Waals surface area contributed by atoms with Crippen molar-refractivity contribution in [2.24, 2.45) is 11.8 Å². The third kappa shape index (κ3) is 2.53. The number of allylic oxidation sites excluding steroid dienone is 2. The van der Waals surface area contributed by atoms with Crippen molar-refractivity contribution in [1.29, 1.82) is 0 Å². The molecule has 0 aromatic heterocycles. The SMILES string of the molecule is COC(C)=COCOC1CC2C=CC1C2. The van der Waals surface area contributed by atoms with Crippen LogP contribution in [0.1, 0.15) is 19.8 Å². The first-order valence-electron chi connectivity index (χ1n) is 5.42. The lowest BCUT2D eigenvalue weighted by Gasteiger charge is -2.18. The Balaban J connectivity index is 1.65. The Bertz CT molecular complexity index is 270. The van der Waals surface area contributed by atoms with Gasteiger partial charge in [-0.1, -0.05) is 12.2 Å². The van der Waals surface area contributed by atoms with E-state index < -0.39 is 0 Å². The maximum Gasteiger partial charge on any atom is 0.188 e. The minimum atomic E-state index is 0.322. The summed E-state index contributed by atoms with van der Waals surface area (Å²) in [5.41, 5.74) is 0. The van der Waals surface area contributed by atoms with Crippen molar-refractivity contribution in [1.82, 2.24) is 0 Å². The first kappa shape index (κ1) is 10.6. The van der Waals surface area contributed by atoms with Crippen LogP contribution in [-0.2, 0) is 14.2 Å². The lowest BCUT2D eigenvalue weighted by Crippen LogP contribution is -2.19. The van der Waals surface area contributed by atoms with Gasteiger partial charge in [0, 0.05) is 5.92 Å². The highest BCUT2D eigenvalue weighted by Gasteiger charge is 2.36. The van der Waals surface area contributed by atoms with Gasteiger partial charge < -0.3 is 14.2 Å². The van der Waals surface area contributed by atoms with Gasteiger partial charge in [-0.25, -0.2) is 0 Å². The molecule has 2 aliphatic rings. The van der Waals surface area contributed by atoms with E-state index in [2.05, 4.69) is 12.2 Å². The number of rotatable bonds is 5. The molecular weight excluding hydrogens is 192 g/mol. The van der Waals surface area contributed by atoms with Crippen molar-refractivity contribution < 1.29 is 14.2 Å². The van der Waals surface area contributed by atoms with Gasteiger partial charge in [-0.3, -0.25) is 0 Å². The van der Waals surface area contributed by atoms with Gasteiger partial charge in [0.2, 0.25) is 0 Å². The minimum Gasteiger partial charge on any atom is -0.498 e. The van der Waals surface area contributed by atoms with E-state index in [1.165, 1.54) is 6.42 Å². The number of ether oxygens (including phenoxy) is 3. The van der Waals surface area contributed by atoms with E-state index in [-0.39, 0.29) is 0 Å². The predicted molar refractivity (Wildman–Crippen MR) is 56.9 cm³/mol. The van der Waals surface area contributed by atoms with E-state index in [0.717, 1.165) is 18.1 Å². The second-order valence-corrected chi connectivity index (χ2v) is 4.20. The molecular formula is C12H18O3. The molecule has 3 unspecified atom stereocenters. The van der Waals surface area contributed by atoms with Crippen molar-refractivity contribution in [3.8, 4) is 0 Å². The quantitative estimate of drug-likeness (QED) is 0.302. The standard InChI is InChI=1S/C12H18O3/c1-9(13-2)7-14-8-15-12-6-10-3-4-11(12)5-10/h3-4,7,10-12H,5-6,8H2,1-2H3. The zero-order chi connectivity index (χ0) is 10.7. The lowest BCUT2D eigenvalue weighted by molar-refractivity contribution is -0.0673. The van der Waals surface area contributed by atoms with E-state index in [4.69, 9.17) is 14.2 Å². The maximum absolute atomic E-state index is 5.66. The molecule has 0 aliphatic heterocycles. The van der Waals surface area contributed by atoms with Gasteiger partial charge >= 0.3 is 0 Å². The molecule has 1 saturated carbocycles. The van der Waals surface area contributed by atoms with Crippen LogP contribution in [0.25, 0.3) is 0 Å². The van der Waals surface area contributed by atoms with Crippen LogP contribution >= 0.6 is 0 Å². The third-order valence-corrected chi connectivity index (χ3v) is 3.14. The largest absolute Gasteiger partial charge is 0.498 e. The van der Waals surface area contributed by atoms with E-state index in [9.17, 15) is 0 Å². The molecule has 2 rings (SSSR count). The van der Waals surface area contributed by atoms with Crippen molar-refractivity contribution in [3.63, 3.8) is 0 Å². The molecule has 2 aliphatic carbocycles. The molecule has 3 atom stereocenters. The lowest BCUT2D eigenvalue weighted by atomic mass is 10.1. The van der Waals surface area contributed by atoms with Crippen LogP contribution < -0.4 is 0 Å². The molecule has 1 fully saturated rings. The van der Waals surface area contributed by atoms with Crippen molar-refractivity contribution in [2.75, 3.05) is 13.9 Å². The average Bonchev–Trinajstić information content (AvgIpc) is 2.85. The second-order valence-electron chi connectivity index (χ2n) is 4.20. The van der Waals surface area contributed by atoms with E-state index in [1.54, 1.807) is 13.4 Å². The Morgan fingerprint density at radius 2 is 2.27 bits per heavy atom. The summed E-state index contributed by atoms with van der Waals surface area (Å²) in [5, 5.41) is 0. The molecule has 3 heteroatoms. The van der Waals surface area contributed by atoms with Crippen LogP contribution in [0.5, 0.6) is 0 Å². The topological polar surface area (TPSA) is 27.7 Å². The van der Waals surface area contributed by atoms with Crippen LogP contribution in [0.15, 0.2) is 24.2 Å². The van der Waals surface area contributed by atoms with Gasteiger partial charge in [-0.15, -0.1) is 0 Å². The van der Waals surface area contributed by atoms with Gasteiger partial charge in [0.05, 0.1) is 13.2 Å². The summed E-state index contributed by atoms with van der Waals surface area (Å²) in [5.74, 6) is 2.12. The van der Waals surface area contributed by atoms with Crippen LogP contribution in [0, 0.1) is 11.8 Å². The smallest absolute Gasteiger partial charge is 0.188 e. The molecule has 3 nitrogen and oxygen atoms in total. The van der Waals surface area contributed by atoms with E-state index >= 15 is 0 Å². The van der Waals surface area contributed by atoms with Gasteiger partial charge in [-0.2, -0.15) is 0 Å². The third-order valence-electron chi connectivity index (χ3n) is 3.14. The second kappa shape index (κ2) is 4.71. The predicted octanol–water partition coefficient (Wildman–Crippen LogP) is 2.45. The van der Waals surface area contributed by atoms with Crippen LogP contribution in [0.3, 0.4) is 0 Å². The number of hydrogen-bond acceptors (Lipinski definition) is 3. The summed E-state index contributed by atoms with van der Waals surface area (Å²) in [6.45, 7) is 2.17. The molecule has 0 heterocycles. The van der Waals surface area contributed by atoms with Crippen molar-refractivity contribution in [3.05, 3.63) is 24.2 Å². The summed E-state index contributed by atoms with van der Waals surface area (Å²) in [7, 11) is 1.62. The molecule has 0 saturated heterocycles. The molecule has 0 amide bonds. The summed E-state index contributed by atoms with van der Waals surface area (Å²) < 4.78 is 15.8. The summed E-state index contributed by atoms with van der Waals surface area (Å²) in [4.78, 5) is 0. The highest BCUT2D eigenvalue weighted by Crippen LogP contribution is 2.40. The summed E-state index contributed by atoms with van der Waals surface area (Å²) in [6, 6.07) is 0. The Morgan fingerprint density at radius 3 is 2.87 bits per heavy atom. The molecule has 15 heavy (non-hydrogen) atoms.